The van der Waals surface area contributed by atoms with E-state index in [0.29, 0.717) is 16.1 Å². The Hall–Kier alpha value is -3.12. The van der Waals surface area contributed by atoms with Gasteiger partial charge in [0.05, 0.1) is 10.4 Å². The van der Waals surface area contributed by atoms with Gasteiger partial charge in [0.25, 0.3) is 11.8 Å². The van der Waals surface area contributed by atoms with Crippen LogP contribution in [0.3, 0.4) is 0 Å². The number of thiophene rings is 1. The van der Waals surface area contributed by atoms with Crippen LogP contribution >= 0.6 is 11.3 Å². The molecule has 1 N–H and O–H groups in total. The van der Waals surface area contributed by atoms with Crippen LogP contribution in [0.4, 0.5) is 11.4 Å². The summed E-state index contributed by atoms with van der Waals surface area (Å²) < 4.78 is 0. The van der Waals surface area contributed by atoms with Crippen LogP contribution in [0.15, 0.2) is 60.0 Å². The number of fused-ring (bicyclic) bond motifs is 1. The lowest BCUT2D eigenvalue weighted by molar-refractivity contribution is 0.0793. The molecular formula is C25H25N3O2S. The van der Waals surface area contributed by atoms with E-state index in [4.69, 9.17) is 0 Å². The van der Waals surface area contributed by atoms with Crippen LogP contribution in [-0.4, -0.2) is 36.3 Å². The number of hydrogen-bond donors (Lipinski definition) is 1. The van der Waals surface area contributed by atoms with E-state index in [0.717, 1.165) is 51.1 Å². The maximum atomic E-state index is 13.4. The van der Waals surface area contributed by atoms with Gasteiger partial charge in [0.15, 0.2) is 0 Å². The molecule has 5 rings (SSSR count). The lowest BCUT2D eigenvalue weighted by Crippen LogP contribution is -2.34. The lowest BCUT2D eigenvalue weighted by atomic mass is 9.98. The van der Waals surface area contributed by atoms with Gasteiger partial charge >= 0.3 is 0 Å². The predicted molar refractivity (Wildman–Crippen MR) is 125 cm³/mol. The molecule has 6 heteroatoms. The van der Waals surface area contributed by atoms with Crippen LogP contribution in [0.5, 0.6) is 0 Å². The minimum atomic E-state index is -0.144. The second kappa shape index (κ2) is 8.55. The Morgan fingerprint density at radius 3 is 2.48 bits per heavy atom. The molecule has 1 aromatic heterocycles. The smallest absolute Gasteiger partial charge is 0.265 e. The number of amides is 2. The van der Waals surface area contributed by atoms with E-state index in [1.54, 1.807) is 6.07 Å². The molecule has 0 spiro atoms. The number of nitrogens with one attached hydrogen (secondary N) is 1. The summed E-state index contributed by atoms with van der Waals surface area (Å²) in [4.78, 5) is 30.8. The summed E-state index contributed by atoms with van der Waals surface area (Å²) in [5.74, 6) is -0.0900. The monoisotopic (exact) mass is 431 g/mol. The molecule has 2 amide bonds. The number of benzene rings is 2. The first-order valence-corrected chi connectivity index (χ1v) is 11.7. The van der Waals surface area contributed by atoms with Gasteiger partial charge in [-0.25, -0.2) is 0 Å². The fourth-order valence-electron chi connectivity index (χ4n) is 4.45. The van der Waals surface area contributed by atoms with Crippen molar-refractivity contribution < 1.29 is 9.59 Å². The van der Waals surface area contributed by atoms with Gasteiger partial charge in [-0.3, -0.25) is 9.59 Å². The van der Waals surface area contributed by atoms with E-state index in [2.05, 4.69) is 34.5 Å². The van der Waals surface area contributed by atoms with Gasteiger partial charge < -0.3 is 15.1 Å². The van der Waals surface area contributed by atoms with Crippen molar-refractivity contribution >= 4 is 34.5 Å². The Balaban J connectivity index is 1.46. The average molecular weight is 432 g/mol. The molecule has 0 radical (unpaired) electrons. The summed E-state index contributed by atoms with van der Waals surface area (Å²) in [5.41, 5.74) is 4.96. The Morgan fingerprint density at radius 2 is 1.71 bits per heavy atom. The zero-order valence-electron chi connectivity index (χ0n) is 17.3. The molecule has 0 unspecified atom stereocenters. The molecule has 2 aromatic carbocycles. The molecule has 158 valence electrons. The number of nitrogens with zero attached hydrogens (tertiary/aromatic N) is 2. The van der Waals surface area contributed by atoms with Crippen molar-refractivity contribution in [1.82, 2.24) is 4.90 Å². The molecule has 1 fully saturated rings. The van der Waals surface area contributed by atoms with E-state index in [9.17, 15) is 9.59 Å². The molecule has 31 heavy (non-hydrogen) atoms. The number of rotatable bonds is 4. The van der Waals surface area contributed by atoms with Crippen LogP contribution in [0.1, 0.15) is 44.0 Å². The maximum Gasteiger partial charge on any atom is 0.265 e. The molecule has 0 atom stereocenters. The standard InChI is InChI=1S/C25H25N3O2S/c29-24(23-8-5-15-31-23)26-20-9-10-22(21(16-20)25(30)27-12-3-4-13-27)28-14-11-18-6-1-2-7-19(18)17-28/h1-2,5-10,15-16H,3-4,11-14,17H2,(H,26,29). The summed E-state index contributed by atoms with van der Waals surface area (Å²) in [5, 5.41) is 4.84. The summed E-state index contributed by atoms with van der Waals surface area (Å²) >= 11 is 1.41. The summed E-state index contributed by atoms with van der Waals surface area (Å²) in [6.07, 6.45) is 3.06. The Labute approximate surface area is 186 Å². The van der Waals surface area contributed by atoms with Crippen LogP contribution < -0.4 is 10.2 Å². The lowest BCUT2D eigenvalue weighted by Gasteiger charge is -2.33. The summed E-state index contributed by atoms with van der Waals surface area (Å²) in [6.45, 7) is 3.26. The van der Waals surface area contributed by atoms with Gasteiger partial charge in [-0.05, 0) is 60.0 Å². The zero-order chi connectivity index (χ0) is 21.2. The fourth-order valence-corrected chi connectivity index (χ4v) is 5.07. The third-order valence-corrected chi connectivity index (χ3v) is 6.96. The first-order valence-electron chi connectivity index (χ1n) is 10.8. The highest BCUT2D eigenvalue weighted by atomic mass is 32.1. The quantitative estimate of drug-likeness (QED) is 0.646. The van der Waals surface area contributed by atoms with Crippen molar-refractivity contribution in [3.8, 4) is 0 Å². The van der Waals surface area contributed by atoms with Crippen molar-refractivity contribution in [3.05, 3.63) is 81.5 Å². The zero-order valence-corrected chi connectivity index (χ0v) is 18.2. The molecule has 0 aliphatic carbocycles. The Bertz CT molecular complexity index is 1100. The predicted octanol–water partition coefficient (Wildman–Crippen LogP) is 4.80. The second-order valence-electron chi connectivity index (χ2n) is 8.10. The SMILES string of the molecule is O=C(Nc1ccc(N2CCc3ccccc3C2)c(C(=O)N2CCCC2)c1)c1cccs1. The number of carbonyl (C=O) groups excluding carboxylic acids is 2. The number of anilines is 2. The molecular weight excluding hydrogens is 406 g/mol. The Kier molecular flexibility index (Phi) is 5.47. The number of hydrogen-bond acceptors (Lipinski definition) is 4. The van der Waals surface area contributed by atoms with E-state index >= 15 is 0 Å². The molecule has 3 heterocycles. The van der Waals surface area contributed by atoms with Crippen LogP contribution in [0.25, 0.3) is 0 Å². The van der Waals surface area contributed by atoms with Crippen molar-refractivity contribution in [2.75, 3.05) is 29.9 Å². The largest absolute Gasteiger partial charge is 0.366 e. The van der Waals surface area contributed by atoms with Crippen LogP contribution in [-0.2, 0) is 13.0 Å². The van der Waals surface area contributed by atoms with Gasteiger partial charge in [0, 0.05) is 37.6 Å². The van der Waals surface area contributed by atoms with Gasteiger partial charge in [-0.15, -0.1) is 11.3 Å². The fraction of sp³-hybridized carbons (Fsp3) is 0.280. The molecule has 1 saturated heterocycles. The van der Waals surface area contributed by atoms with E-state index in [-0.39, 0.29) is 11.8 Å². The molecule has 2 aliphatic rings. The third-order valence-electron chi connectivity index (χ3n) is 6.09. The topological polar surface area (TPSA) is 52.7 Å². The van der Waals surface area contributed by atoms with Gasteiger partial charge in [0.2, 0.25) is 0 Å². The van der Waals surface area contributed by atoms with Crippen molar-refractivity contribution in [1.29, 1.82) is 0 Å². The Morgan fingerprint density at radius 1 is 0.903 bits per heavy atom. The molecule has 5 nitrogen and oxygen atoms in total. The van der Waals surface area contributed by atoms with E-state index < -0.39 is 0 Å². The second-order valence-corrected chi connectivity index (χ2v) is 9.05. The summed E-state index contributed by atoms with van der Waals surface area (Å²) in [7, 11) is 0. The summed E-state index contributed by atoms with van der Waals surface area (Å²) in [6, 6.07) is 17.9. The third kappa shape index (κ3) is 4.08. The average Bonchev–Trinajstić information content (AvgIpc) is 3.53. The molecule has 2 aliphatic heterocycles. The highest BCUT2D eigenvalue weighted by molar-refractivity contribution is 7.12. The van der Waals surface area contributed by atoms with Crippen molar-refractivity contribution in [3.63, 3.8) is 0 Å². The van der Waals surface area contributed by atoms with Crippen LogP contribution in [0.2, 0.25) is 0 Å². The molecule has 0 saturated carbocycles. The normalized spacial score (nSPS) is 15.6. The number of carbonyl (C=O) groups is 2. The highest BCUT2D eigenvalue weighted by Gasteiger charge is 2.26. The first kappa shape index (κ1) is 19.8. The molecule has 3 aromatic rings. The first-order chi connectivity index (χ1) is 15.2. The van der Waals surface area contributed by atoms with Gasteiger partial charge in [0.1, 0.15) is 0 Å². The minimum Gasteiger partial charge on any atom is -0.366 e. The maximum absolute atomic E-state index is 13.4. The van der Waals surface area contributed by atoms with Gasteiger partial charge in [-0.2, -0.15) is 0 Å². The van der Waals surface area contributed by atoms with Crippen molar-refractivity contribution in [2.45, 2.75) is 25.8 Å². The van der Waals surface area contributed by atoms with E-state index in [1.807, 2.05) is 34.5 Å². The number of likely N-dealkylation sites (tertiary alicyclic amines) is 1. The van der Waals surface area contributed by atoms with E-state index in [1.165, 1.54) is 22.5 Å². The van der Waals surface area contributed by atoms with Crippen molar-refractivity contribution in [2.24, 2.45) is 0 Å². The van der Waals surface area contributed by atoms with Gasteiger partial charge in [-0.1, -0.05) is 30.3 Å². The molecule has 0 bridgehead atoms. The van der Waals surface area contributed by atoms with Crippen LogP contribution in [0, 0.1) is 0 Å². The minimum absolute atomic E-state index is 0.0542. The highest BCUT2D eigenvalue weighted by Crippen LogP contribution is 2.31.